The van der Waals surface area contributed by atoms with Crippen LogP contribution in [0.15, 0.2) is 30.3 Å². The molecule has 3 rings (SSSR count). The highest BCUT2D eigenvalue weighted by molar-refractivity contribution is 5.31. The minimum Gasteiger partial charge on any atom is -0.296 e. The molecule has 0 N–H and O–H groups in total. The Bertz CT molecular complexity index is 486. The number of nitrogens with zero attached hydrogens (tertiary/aromatic N) is 4. The van der Waals surface area contributed by atoms with Crippen LogP contribution in [0.5, 0.6) is 0 Å². The van der Waals surface area contributed by atoms with Crippen LogP contribution < -0.4 is 0 Å². The van der Waals surface area contributed by atoms with E-state index in [-0.39, 0.29) is 0 Å². The van der Waals surface area contributed by atoms with E-state index in [1.807, 2.05) is 22.8 Å². The number of aromatic nitrogens is 3. The van der Waals surface area contributed by atoms with Gasteiger partial charge in [-0.15, -0.1) is 10.2 Å². The van der Waals surface area contributed by atoms with Crippen molar-refractivity contribution in [3.8, 4) is 5.69 Å². The lowest BCUT2D eigenvalue weighted by Gasteiger charge is -2.25. The van der Waals surface area contributed by atoms with Gasteiger partial charge in [0.25, 0.3) is 0 Å². The van der Waals surface area contributed by atoms with Crippen LogP contribution >= 0.6 is 0 Å². The fraction of sp³-hybridized carbons (Fsp3) is 0.429. The van der Waals surface area contributed by atoms with Gasteiger partial charge >= 0.3 is 0 Å². The highest BCUT2D eigenvalue weighted by Crippen LogP contribution is 2.14. The van der Waals surface area contributed by atoms with Crippen LogP contribution in [0.1, 0.15) is 25.1 Å². The summed E-state index contributed by atoms with van der Waals surface area (Å²) in [6, 6.07) is 10.2. The monoisotopic (exact) mass is 241 g/mol. The van der Waals surface area contributed by atoms with E-state index in [0.29, 0.717) is 0 Å². The molecule has 1 saturated heterocycles. The van der Waals surface area contributed by atoms with Gasteiger partial charge in [0.1, 0.15) is 0 Å². The molecule has 2 aromatic rings. The molecule has 1 aliphatic heterocycles. The van der Waals surface area contributed by atoms with E-state index in [9.17, 15) is 0 Å². The molecule has 0 unspecified atom stereocenters. The van der Waals surface area contributed by atoms with Gasteiger partial charge in [0.05, 0.1) is 6.54 Å². The molecule has 0 saturated carbocycles. The van der Waals surface area contributed by atoms with Gasteiger partial charge in [-0.1, -0.05) is 24.6 Å². The van der Waals surface area contributed by atoms with Crippen molar-refractivity contribution in [2.75, 3.05) is 13.1 Å². The van der Waals surface area contributed by atoms with E-state index >= 15 is 0 Å². The van der Waals surface area contributed by atoms with E-state index in [0.717, 1.165) is 18.1 Å². The van der Waals surface area contributed by atoms with Crippen molar-refractivity contribution < 1.29 is 0 Å². The fourth-order valence-electron chi connectivity index (χ4n) is 2.43. The summed E-state index contributed by atoms with van der Waals surface area (Å²) < 4.78 is 1.95. The molecule has 1 aromatic heterocycles. The molecule has 2 heterocycles. The lowest BCUT2D eigenvalue weighted by Crippen LogP contribution is -2.30. The van der Waals surface area contributed by atoms with Gasteiger partial charge < -0.3 is 0 Å². The highest BCUT2D eigenvalue weighted by Gasteiger charge is 2.14. The number of rotatable bonds is 3. The minimum absolute atomic E-state index is 0.866. The Labute approximate surface area is 107 Å². The predicted octanol–water partition coefficient (Wildman–Crippen LogP) is 2.05. The van der Waals surface area contributed by atoms with Crippen molar-refractivity contribution in [2.24, 2.45) is 0 Å². The van der Waals surface area contributed by atoms with E-state index in [4.69, 9.17) is 0 Å². The summed E-state index contributed by atoms with van der Waals surface area (Å²) >= 11 is 0. The third kappa shape index (κ3) is 2.43. The normalized spacial score (nSPS) is 16.9. The largest absolute Gasteiger partial charge is 0.296 e. The summed E-state index contributed by atoms with van der Waals surface area (Å²) in [4.78, 5) is 2.45. The molecule has 0 bridgehead atoms. The Morgan fingerprint density at radius 1 is 1.06 bits per heavy atom. The zero-order chi connectivity index (χ0) is 12.2. The second-order valence-corrected chi connectivity index (χ2v) is 4.72. The van der Waals surface area contributed by atoms with Crippen molar-refractivity contribution in [1.82, 2.24) is 19.7 Å². The van der Waals surface area contributed by atoms with E-state index in [2.05, 4.69) is 33.6 Å². The molecule has 0 atom stereocenters. The van der Waals surface area contributed by atoms with Crippen molar-refractivity contribution >= 4 is 0 Å². The Balaban J connectivity index is 1.79. The molecule has 1 fully saturated rings. The number of hydrogen-bond donors (Lipinski definition) is 0. The van der Waals surface area contributed by atoms with Gasteiger partial charge in [0.2, 0.25) is 6.33 Å². The number of likely N-dealkylation sites (tertiary alicyclic amines) is 1. The molecule has 93 valence electrons. The molecule has 1 radical (unpaired) electrons. The number of benzene rings is 1. The summed E-state index contributed by atoms with van der Waals surface area (Å²) in [6.07, 6.45) is 6.89. The second kappa shape index (κ2) is 5.31. The molecule has 1 aromatic carbocycles. The molecule has 0 amide bonds. The Morgan fingerprint density at radius 3 is 2.61 bits per heavy atom. The average molecular weight is 241 g/mol. The molecule has 18 heavy (non-hydrogen) atoms. The molecular formula is C14H17N4. The summed E-state index contributed by atoms with van der Waals surface area (Å²) in [7, 11) is 0. The fourth-order valence-corrected chi connectivity index (χ4v) is 2.43. The molecule has 4 nitrogen and oxygen atoms in total. The molecular weight excluding hydrogens is 224 g/mol. The van der Waals surface area contributed by atoms with Crippen molar-refractivity contribution in [1.29, 1.82) is 0 Å². The average Bonchev–Trinajstić information content (AvgIpc) is 2.89. The first-order valence-corrected chi connectivity index (χ1v) is 6.53. The van der Waals surface area contributed by atoms with Gasteiger partial charge in [0.15, 0.2) is 5.82 Å². The zero-order valence-corrected chi connectivity index (χ0v) is 10.4. The summed E-state index contributed by atoms with van der Waals surface area (Å²) in [5, 5.41) is 8.13. The van der Waals surface area contributed by atoms with E-state index in [1.54, 1.807) is 0 Å². The van der Waals surface area contributed by atoms with Crippen molar-refractivity contribution in [2.45, 2.75) is 25.8 Å². The maximum absolute atomic E-state index is 4.20. The van der Waals surface area contributed by atoms with Gasteiger partial charge in [0, 0.05) is 5.69 Å². The molecule has 1 aliphatic rings. The lowest BCUT2D eigenvalue weighted by atomic mass is 10.1. The van der Waals surface area contributed by atoms with Gasteiger partial charge in [-0.25, -0.2) is 0 Å². The smallest absolute Gasteiger partial charge is 0.207 e. The lowest BCUT2D eigenvalue weighted by molar-refractivity contribution is 0.214. The molecule has 0 aliphatic carbocycles. The van der Waals surface area contributed by atoms with Crippen LogP contribution in [-0.4, -0.2) is 32.8 Å². The molecule has 4 heteroatoms. The van der Waals surface area contributed by atoms with Crippen molar-refractivity contribution in [3.05, 3.63) is 42.5 Å². The van der Waals surface area contributed by atoms with E-state index < -0.39 is 0 Å². The number of para-hydroxylation sites is 1. The third-order valence-electron chi connectivity index (χ3n) is 3.40. The van der Waals surface area contributed by atoms with Gasteiger partial charge in [-0.3, -0.25) is 9.47 Å². The SMILES string of the molecule is [c]1nnc(CN2CCCCC2)n1-c1ccccc1. The third-order valence-corrected chi connectivity index (χ3v) is 3.40. The van der Waals surface area contributed by atoms with Gasteiger partial charge in [-0.2, -0.15) is 0 Å². The Kier molecular flexibility index (Phi) is 3.37. The first kappa shape index (κ1) is 11.4. The first-order chi connectivity index (χ1) is 8.93. The Morgan fingerprint density at radius 2 is 1.83 bits per heavy atom. The topological polar surface area (TPSA) is 34.0 Å². The zero-order valence-electron chi connectivity index (χ0n) is 10.4. The summed E-state index contributed by atoms with van der Waals surface area (Å²) in [6.45, 7) is 3.20. The highest BCUT2D eigenvalue weighted by atomic mass is 15.3. The summed E-state index contributed by atoms with van der Waals surface area (Å²) in [5.41, 5.74) is 1.08. The predicted molar refractivity (Wildman–Crippen MR) is 69.3 cm³/mol. The minimum atomic E-state index is 0.866. The van der Waals surface area contributed by atoms with Crippen LogP contribution in [0.2, 0.25) is 0 Å². The number of piperidine rings is 1. The van der Waals surface area contributed by atoms with Crippen molar-refractivity contribution in [3.63, 3.8) is 0 Å². The van der Waals surface area contributed by atoms with Gasteiger partial charge in [-0.05, 0) is 38.1 Å². The first-order valence-electron chi connectivity index (χ1n) is 6.53. The second-order valence-electron chi connectivity index (χ2n) is 4.72. The number of hydrogen-bond acceptors (Lipinski definition) is 3. The summed E-state index contributed by atoms with van der Waals surface area (Å²) in [5.74, 6) is 0.975. The maximum atomic E-state index is 4.20. The quantitative estimate of drug-likeness (QED) is 0.824. The van der Waals surface area contributed by atoms with Crippen LogP contribution in [0.4, 0.5) is 0 Å². The standard InChI is InChI=1S/C14H17N4/c1-3-7-13(8-4-1)18-12-15-16-14(18)11-17-9-5-2-6-10-17/h1,3-4,7-8H,2,5-6,9-11H2. The van der Waals surface area contributed by atoms with Crippen LogP contribution in [0.3, 0.4) is 0 Å². The maximum Gasteiger partial charge on any atom is 0.207 e. The molecule has 0 spiro atoms. The van der Waals surface area contributed by atoms with Crippen LogP contribution in [0.25, 0.3) is 5.69 Å². The van der Waals surface area contributed by atoms with Crippen LogP contribution in [0, 0.1) is 6.33 Å². The van der Waals surface area contributed by atoms with Crippen LogP contribution in [-0.2, 0) is 6.54 Å². The Hall–Kier alpha value is -1.68. The van der Waals surface area contributed by atoms with E-state index in [1.165, 1.54) is 32.4 Å².